The number of carbonyl (C=O) groups excluding carboxylic acids is 1. The van der Waals surface area contributed by atoms with Crippen LogP contribution in [0.4, 0.5) is 0 Å². The van der Waals surface area contributed by atoms with Gasteiger partial charge in [-0.3, -0.25) is 4.79 Å². The molecule has 3 aliphatic rings. The van der Waals surface area contributed by atoms with Crippen LogP contribution < -0.4 is 4.74 Å². The predicted octanol–water partition coefficient (Wildman–Crippen LogP) is 2.52. The second-order valence-corrected chi connectivity index (χ2v) is 8.45. The summed E-state index contributed by atoms with van der Waals surface area (Å²) in [5, 5.41) is 0. The van der Waals surface area contributed by atoms with Crippen LogP contribution in [0.2, 0.25) is 0 Å². The standard InChI is InChI=1S/C21H30N2O3/c1-22-11-18(13-26-12-16-6-7-16)21(14-22)8-9-23(15-21)20(24)17-4-3-5-19(10-17)25-2/h3-5,10,16,18H,6-9,11-15H2,1-2H3/t18-,21-/m0/s1. The number of hydrogen-bond acceptors (Lipinski definition) is 4. The lowest BCUT2D eigenvalue weighted by Crippen LogP contribution is -2.38. The average Bonchev–Trinajstić information content (AvgIpc) is 3.30. The maximum atomic E-state index is 13.0. The summed E-state index contributed by atoms with van der Waals surface area (Å²) in [6.07, 6.45) is 3.74. The molecule has 142 valence electrons. The van der Waals surface area contributed by atoms with Crippen LogP contribution in [0.1, 0.15) is 29.6 Å². The maximum absolute atomic E-state index is 13.0. The summed E-state index contributed by atoms with van der Waals surface area (Å²) in [6.45, 7) is 5.57. The van der Waals surface area contributed by atoms with Gasteiger partial charge in [0, 0.05) is 49.7 Å². The van der Waals surface area contributed by atoms with E-state index >= 15 is 0 Å². The summed E-state index contributed by atoms with van der Waals surface area (Å²) in [7, 11) is 3.82. The van der Waals surface area contributed by atoms with E-state index in [2.05, 4.69) is 11.9 Å². The predicted molar refractivity (Wildman–Crippen MR) is 100 cm³/mol. The number of amides is 1. The van der Waals surface area contributed by atoms with Crippen molar-refractivity contribution in [2.45, 2.75) is 19.3 Å². The fraction of sp³-hybridized carbons (Fsp3) is 0.667. The SMILES string of the molecule is COc1cccc(C(=O)N2CC[C@]3(CN(C)C[C@H]3COCC3CC3)C2)c1. The zero-order valence-corrected chi connectivity index (χ0v) is 15.9. The van der Waals surface area contributed by atoms with Crippen molar-refractivity contribution < 1.29 is 14.3 Å². The Labute approximate surface area is 156 Å². The van der Waals surface area contributed by atoms with Crippen molar-refractivity contribution in [3.8, 4) is 5.75 Å². The van der Waals surface area contributed by atoms with Gasteiger partial charge in [-0.2, -0.15) is 0 Å². The molecule has 26 heavy (non-hydrogen) atoms. The average molecular weight is 358 g/mol. The van der Waals surface area contributed by atoms with Crippen molar-refractivity contribution in [2.24, 2.45) is 17.3 Å². The Balaban J connectivity index is 1.42. The van der Waals surface area contributed by atoms with E-state index < -0.39 is 0 Å². The van der Waals surface area contributed by atoms with E-state index in [-0.39, 0.29) is 11.3 Å². The maximum Gasteiger partial charge on any atom is 0.254 e. The molecule has 0 unspecified atom stereocenters. The van der Waals surface area contributed by atoms with E-state index in [0.717, 1.165) is 57.5 Å². The molecule has 5 heteroatoms. The molecule has 0 radical (unpaired) electrons. The highest BCUT2D eigenvalue weighted by atomic mass is 16.5. The van der Waals surface area contributed by atoms with Gasteiger partial charge in [0.25, 0.3) is 5.91 Å². The van der Waals surface area contributed by atoms with Gasteiger partial charge in [0.05, 0.1) is 13.7 Å². The van der Waals surface area contributed by atoms with Crippen LogP contribution in [0.5, 0.6) is 5.75 Å². The van der Waals surface area contributed by atoms with Gasteiger partial charge in [0.2, 0.25) is 0 Å². The molecule has 0 aromatic heterocycles. The van der Waals surface area contributed by atoms with Crippen LogP contribution in [-0.4, -0.2) is 69.3 Å². The van der Waals surface area contributed by atoms with Crippen LogP contribution in [0.15, 0.2) is 24.3 Å². The van der Waals surface area contributed by atoms with Crippen molar-refractivity contribution in [2.75, 3.05) is 53.6 Å². The Hall–Kier alpha value is -1.59. The highest BCUT2D eigenvalue weighted by Crippen LogP contribution is 2.44. The first kappa shape index (κ1) is 17.8. The van der Waals surface area contributed by atoms with Crippen LogP contribution in [-0.2, 0) is 4.74 Å². The second kappa shape index (κ2) is 7.20. The van der Waals surface area contributed by atoms with Crippen molar-refractivity contribution >= 4 is 5.91 Å². The highest BCUT2D eigenvalue weighted by Gasteiger charge is 2.50. The van der Waals surface area contributed by atoms with Crippen LogP contribution >= 0.6 is 0 Å². The molecule has 2 aliphatic heterocycles. The van der Waals surface area contributed by atoms with Gasteiger partial charge in [-0.15, -0.1) is 0 Å². The Morgan fingerprint density at radius 2 is 2.12 bits per heavy atom. The second-order valence-electron chi connectivity index (χ2n) is 8.45. The first-order valence-electron chi connectivity index (χ1n) is 9.79. The van der Waals surface area contributed by atoms with E-state index in [4.69, 9.17) is 9.47 Å². The molecule has 1 aromatic carbocycles. The minimum atomic E-state index is 0.118. The van der Waals surface area contributed by atoms with Crippen molar-refractivity contribution in [3.05, 3.63) is 29.8 Å². The number of nitrogens with zero attached hydrogens (tertiary/aromatic N) is 2. The number of ether oxygens (including phenoxy) is 2. The summed E-state index contributed by atoms with van der Waals surface area (Å²) in [5.41, 5.74) is 0.904. The Morgan fingerprint density at radius 1 is 1.27 bits per heavy atom. The smallest absolute Gasteiger partial charge is 0.254 e. The normalized spacial score (nSPS) is 28.8. The number of likely N-dealkylation sites (tertiary alicyclic amines) is 2. The van der Waals surface area contributed by atoms with E-state index in [0.29, 0.717) is 11.5 Å². The number of carbonyl (C=O) groups is 1. The highest BCUT2D eigenvalue weighted by molar-refractivity contribution is 5.94. The molecule has 2 saturated heterocycles. The molecule has 1 spiro atoms. The van der Waals surface area contributed by atoms with E-state index in [1.165, 1.54) is 12.8 Å². The van der Waals surface area contributed by atoms with Crippen LogP contribution in [0, 0.1) is 17.3 Å². The molecule has 1 saturated carbocycles. The molecule has 2 heterocycles. The summed E-state index contributed by atoms with van der Waals surface area (Å²) < 4.78 is 11.3. The Bertz CT molecular complexity index is 660. The zero-order chi connectivity index (χ0) is 18.1. The summed E-state index contributed by atoms with van der Waals surface area (Å²) in [6, 6.07) is 7.48. The quantitative estimate of drug-likeness (QED) is 0.784. The molecule has 2 atom stereocenters. The molecule has 0 N–H and O–H groups in total. The van der Waals surface area contributed by atoms with E-state index in [1.54, 1.807) is 7.11 Å². The molecule has 0 bridgehead atoms. The van der Waals surface area contributed by atoms with E-state index in [1.807, 2.05) is 29.2 Å². The van der Waals surface area contributed by atoms with Gasteiger partial charge >= 0.3 is 0 Å². The van der Waals surface area contributed by atoms with Gasteiger partial charge in [0.1, 0.15) is 5.75 Å². The van der Waals surface area contributed by atoms with Gasteiger partial charge in [-0.1, -0.05) is 6.07 Å². The van der Waals surface area contributed by atoms with Crippen molar-refractivity contribution in [1.82, 2.24) is 9.80 Å². The molecule has 4 rings (SSSR count). The van der Waals surface area contributed by atoms with Gasteiger partial charge in [0.15, 0.2) is 0 Å². The molecule has 5 nitrogen and oxygen atoms in total. The molecule has 1 aromatic rings. The van der Waals surface area contributed by atoms with Crippen LogP contribution in [0.25, 0.3) is 0 Å². The third-order valence-electron chi connectivity index (χ3n) is 6.34. The van der Waals surface area contributed by atoms with Crippen LogP contribution in [0.3, 0.4) is 0 Å². The van der Waals surface area contributed by atoms with Crippen molar-refractivity contribution in [3.63, 3.8) is 0 Å². The number of methoxy groups -OCH3 is 1. The fourth-order valence-electron chi connectivity index (χ4n) is 4.66. The van der Waals surface area contributed by atoms with Gasteiger partial charge < -0.3 is 19.3 Å². The lowest BCUT2D eigenvalue weighted by atomic mass is 9.77. The minimum absolute atomic E-state index is 0.118. The van der Waals surface area contributed by atoms with E-state index in [9.17, 15) is 4.79 Å². The fourth-order valence-corrected chi connectivity index (χ4v) is 4.66. The topological polar surface area (TPSA) is 42.0 Å². The number of benzene rings is 1. The third kappa shape index (κ3) is 3.60. The summed E-state index contributed by atoms with van der Waals surface area (Å²) in [4.78, 5) is 17.4. The van der Waals surface area contributed by atoms with Gasteiger partial charge in [-0.25, -0.2) is 0 Å². The largest absolute Gasteiger partial charge is 0.497 e. The molecule has 3 fully saturated rings. The monoisotopic (exact) mass is 358 g/mol. The third-order valence-corrected chi connectivity index (χ3v) is 6.34. The molecule has 1 amide bonds. The van der Waals surface area contributed by atoms with Gasteiger partial charge in [-0.05, 0) is 50.4 Å². The minimum Gasteiger partial charge on any atom is -0.497 e. The summed E-state index contributed by atoms with van der Waals surface area (Å²) >= 11 is 0. The number of rotatable bonds is 6. The first-order chi connectivity index (χ1) is 12.6. The Morgan fingerprint density at radius 3 is 2.88 bits per heavy atom. The first-order valence-corrected chi connectivity index (χ1v) is 9.79. The summed E-state index contributed by atoms with van der Waals surface area (Å²) in [5.74, 6) is 2.18. The molecule has 1 aliphatic carbocycles. The lowest BCUT2D eigenvalue weighted by Gasteiger charge is -2.30. The molecular formula is C21H30N2O3. The zero-order valence-electron chi connectivity index (χ0n) is 15.9. The number of hydrogen-bond donors (Lipinski definition) is 0. The Kier molecular flexibility index (Phi) is 4.93. The lowest BCUT2D eigenvalue weighted by molar-refractivity contribution is 0.0530. The van der Waals surface area contributed by atoms with Crippen molar-refractivity contribution in [1.29, 1.82) is 0 Å². The molecular weight excluding hydrogens is 328 g/mol.